The van der Waals surface area contributed by atoms with Crippen molar-refractivity contribution >= 4 is 5.78 Å². The first kappa shape index (κ1) is 10.4. The summed E-state index contributed by atoms with van der Waals surface area (Å²) < 4.78 is 0. The van der Waals surface area contributed by atoms with E-state index in [1.807, 2.05) is 13.0 Å². The molecule has 0 aliphatic rings. The number of rotatable bonds is 4. The van der Waals surface area contributed by atoms with Crippen molar-refractivity contribution in [1.29, 1.82) is 0 Å². The Balaban J connectivity index is 3.65. The topological polar surface area (TPSA) is 17.1 Å². The quantitative estimate of drug-likeness (QED) is 0.569. The van der Waals surface area contributed by atoms with Gasteiger partial charge in [-0.1, -0.05) is 19.9 Å². The molecule has 0 radical (unpaired) electrons. The number of allylic oxidation sites excluding steroid dienone is 2. The van der Waals surface area contributed by atoms with Crippen molar-refractivity contribution in [1.82, 2.24) is 0 Å². The molecule has 1 heteroatoms. The van der Waals surface area contributed by atoms with E-state index >= 15 is 0 Å². The van der Waals surface area contributed by atoms with Crippen LogP contribution in [0.15, 0.2) is 11.6 Å². The molecule has 0 aliphatic heterocycles. The lowest BCUT2D eigenvalue weighted by atomic mass is 10.1. The molecule has 0 spiro atoms. The van der Waals surface area contributed by atoms with E-state index < -0.39 is 0 Å². The zero-order valence-corrected chi connectivity index (χ0v) is 7.98. The number of carbonyl (C=O) groups excluding carboxylic acids is 1. The second-order valence-electron chi connectivity index (χ2n) is 3.41. The lowest BCUT2D eigenvalue weighted by Gasteiger charge is -2.00. The molecule has 0 rings (SSSR count). The van der Waals surface area contributed by atoms with E-state index in [4.69, 9.17) is 0 Å². The van der Waals surface area contributed by atoms with Gasteiger partial charge in [0.2, 0.25) is 0 Å². The van der Waals surface area contributed by atoms with E-state index in [1.54, 1.807) is 6.92 Å². The average molecular weight is 154 g/mol. The van der Waals surface area contributed by atoms with Crippen LogP contribution < -0.4 is 0 Å². The van der Waals surface area contributed by atoms with Crippen molar-refractivity contribution in [3.05, 3.63) is 11.6 Å². The molecule has 0 fully saturated rings. The van der Waals surface area contributed by atoms with E-state index in [9.17, 15) is 4.79 Å². The van der Waals surface area contributed by atoms with Crippen molar-refractivity contribution < 1.29 is 4.79 Å². The molecule has 0 N–H and O–H groups in total. The maximum Gasteiger partial charge on any atom is 0.155 e. The minimum atomic E-state index is 0.189. The van der Waals surface area contributed by atoms with Gasteiger partial charge in [0.15, 0.2) is 5.78 Å². The van der Waals surface area contributed by atoms with Crippen LogP contribution in [-0.4, -0.2) is 5.78 Å². The first-order valence-electron chi connectivity index (χ1n) is 4.21. The summed E-state index contributed by atoms with van der Waals surface area (Å²) >= 11 is 0. The van der Waals surface area contributed by atoms with Crippen LogP contribution in [0.25, 0.3) is 0 Å². The summed E-state index contributed by atoms with van der Waals surface area (Å²) in [4.78, 5) is 10.8. The highest BCUT2D eigenvalue weighted by Gasteiger charge is 1.95. The molecular weight excluding hydrogens is 136 g/mol. The maximum absolute atomic E-state index is 10.8. The molecule has 0 unspecified atom stereocenters. The molecule has 0 aromatic rings. The van der Waals surface area contributed by atoms with Gasteiger partial charge in [-0.3, -0.25) is 4.79 Å². The first-order valence-corrected chi connectivity index (χ1v) is 4.21. The minimum absolute atomic E-state index is 0.189. The van der Waals surface area contributed by atoms with Gasteiger partial charge in [0.1, 0.15) is 0 Å². The van der Waals surface area contributed by atoms with Gasteiger partial charge in [0.05, 0.1) is 0 Å². The SMILES string of the molecule is CC(=O)C(C)=CCCC(C)C. The molecule has 0 heterocycles. The molecule has 0 bridgehead atoms. The van der Waals surface area contributed by atoms with Crippen LogP contribution in [0.3, 0.4) is 0 Å². The van der Waals surface area contributed by atoms with Gasteiger partial charge >= 0.3 is 0 Å². The van der Waals surface area contributed by atoms with Crippen molar-refractivity contribution in [3.8, 4) is 0 Å². The third kappa shape index (κ3) is 5.84. The fourth-order valence-corrected chi connectivity index (χ4v) is 0.777. The van der Waals surface area contributed by atoms with Crippen molar-refractivity contribution in [2.75, 3.05) is 0 Å². The van der Waals surface area contributed by atoms with E-state index in [0.717, 1.165) is 17.9 Å². The van der Waals surface area contributed by atoms with Crippen LogP contribution in [-0.2, 0) is 4.79 Å². The monoisotopic (exact) mass is 154 g/mol. The molecule has 0 saturated carbocycles. The Hall–Kier alpha value is -0.590. The Bertz CT molecular complexity index is 154. The normalized spacial score (nSPS) is 12.3. The number of hydrogen-bond donors (Lipinski definition) is 0. The first-order chi connectivity index (χ1) is 5.04. The van der Waals surface area contributed by atoms with Crippen molar-refractivity contribution in [2.45, 2.75) is 40.5 Å². The van der Waals surface area contributed by atoms with Crippen LogP contribution in [0, 0.1) is 5.92 Å². The summed E-state index contributed by atoms with van der Waals surface area (Å²) in [5, 5.41) is 0. The van der Waals surface area contributed by atoms with E-state index in [1.165, 1.54) is 6.42 Å². The molecule has 64 valence electrons. The third-order valence-electron chi connectivity index (χ3n) is 1.75. The molecule has 0 aliphatic carbocycles. The Morgan fingerprint density at radius 3 is 2.27 bits per heavy atom. The fraction of sp³-hybridized carbons (Fsp3) is 0.700. The Labute approximate surface area is 69.5 Å². The highest BCUT2D eigenvalue weighted by atomic mass is 16.1. The molecule has 0 atom stereocenters. The van der Waals surface area contributed by atoms with Crippen molar-refractivity contribution in [3.63, 3.8) is 0 Å². The van der Waals surface area contributed by atoms with E-state index in [2.05, 4.69) is 13.8 Å². The van der Waals surface area contributed by atoms with E-state index in [-0.39, 0.29) is 5.78 Å². The van der Waals surface area contributed by atoms with Crippen LogP contribution >= 0.6 is 0 Å². The van der Waals surface area contributed by atoms with Gasteiger partial charge in [-0.05, 0) is 38.2 Å². The molecule has 0 amide bonds. The summed E-state index contributed by atoms with van der Waals surface area (Å²) in [6.07, 6.45) is 4.23. The minimum Gasteiger partial charge on any atom is -0.295 e. The van der Waals surface area contributed by atoms with Crippen molar-refractivity contribution in [2.24, 2.45) is 5.92 Å². The molecule has 0 aromatic heterocycles. The molecular formula is C10H18O. The summed E-state index contributed by atoms with van der Waals surface area (Å²) in [6, 6.07) is 0. The summed E-state index contributed by atoms with van der Waals surface area (Å²) in [5.41, 5.74) is 0.894. The second kappa shape index (κ2) is 5.11. The zero-order valence-electron chi connectivity index (χ0n) is 7.98. The fourth-order valence-electron chi connectivity index (χ4n) is 0.777. The predicted octanol–water partition coefficient (Wildman–Crippen LogP) is 2.96. The molecule has 11 heavy (non-hydrogen) atoms. The van der Waals surface area contributed by atoms with Crippen LogP contribution in [0.5, 0.6) is 0 Å². The Morgan fingerprint density at radius 1 is 1.36 bits per heavy atom. The summed E-state index contributed by atoms with van der Waals surface area (Å²) in [5.74, 6) is 0.916. The van der Waals surface area contributed by atoms with Crippen LogP contribution in [0.2, 0.25) is 0 Å². The average Bonchev–Trinajstić information content (AvgIpc) is 1.86. The molecule has 0 aromatic carbocycles. The number of carbonyl (C=O) groups is 1. The van der Waals surface area contributed by atoms with Crippen LogP contribution in [0.4, 0.5) is 0 Å². The Kier molecular flexibility index (Phi) is 4.84. The number of Topliss-reactive ketones (excluding diaryl/α,β-unsaturated/α-hetero) is 1. The van der Waals surface area contributed by atoms with Gasteiger partial charge in [-0.15, -0.1) is 0 Å². The van der Waals surface area contributed by atoms with Gasteiger partial charge in [0, 0.05) is 0 Å². The van der Waals surface area contributed by atoms with Gasteiger partial charge < -0.3 is 0 Å². The highest BCUT2D eigenvalue weighted by molar-refractivity contribution is 5.92. The van der Waals surface area contributed by atoms with Gasteiger partial charge in [-0.2, -0.15) is 0 Å². The summed E-state index contributed by atoms with van der Waals surface area (Å²) in [7, 11) is 0. The second-order valence-corrected chi connectivity index (χ2v) is 3.41. The highest BCUT2D eigenvalue weighted by Crippen LogP contribution is 2.06. The zero-order chi connectivity index (χ0) is 8.85. The smallest absolute Gasteiger partial charge is 0.155 e. The Morgan fingerprint density at radius 2 is 1.91 bits per heavy atom. The molecule has 0 saturated heterocycles. The largest absolute Gasteiger partial charge is 0.295 e. The third-order valence-corrected chi connectivity index (χ3v) is 1.75. The lowest BCUT2D eigenvalue weighted by molar-refractivity contribution is -0.113. The number of ketones is 1. The summed E-state index contributed by atoms with van der Waals surface area (Å²) in [6.45, 7) is 7.87. The predicted molar refractivity (Wildman–Crippen MR) is 48.5 cm³/mol. The molecule has 1 nitrogen and oxygen atoms in total. The lowest BCUT2D eigenvalue weighted by Crippen LogP contribution is -1.92. The maximum atomic E-state index is 10.8. The number of hydrogen-bond acceptors (Lipinski definition) is 1. The van der Waals surface area contributed by atoms with E-state index in [0.29, 0.717) is 0 Å². The van der Waals surface area contributed by atoms with Gasteiger partial charge in [-0.25, -0.2) is 0 Å². The standard InChI is InChI=1S/C10H18O/c1-8(2)6-5-7-9(3)10(4)11/h7-8H,5-6H2,1-4H3. The van der Waals surface area contributed by atoms with Gasteiger partial charge in [0.25, 0.3) is 0 Å². The van der Waals surface area contributed by atoms with Crippen LogP contribution in [0.1, 0.15) is 40.5 Å².